The first kappa shape index (κ1) is 19.2. The molecule has 5 nitrogen and oxygen atoms in total. The van der Waals surface area contributed by atoms with Crippen molar-refractivity contribution in [2.45, 2.75) is 19.4 Å². The number of thiophene rings is 1. The summed E-state index contributed by atoms with van der Waals surface area (Å²) in [7, 11) is 0. The highest BCUT2D eigenvalue weighted by molar-refractivity contribution is 7.12. The minimum atomic E-state index is -0.472. The summed E-state index contributed by atoms with van der Waals surface area (Å²) in [6.07, 6.45) is 0. The van der Waals surface area contributed by atoms with Crippen LogP contribution >= 0.6 is 23.7 Å². The van der Waals surface area contributed by atoms with Crippen LogP contribution in [0.2, 0.25) is 0 Å². The molecule has 0 spiro atoms. The van der Waals surface area contributed by atoms with Crippen molar-refractivity contribution in [1.29, 1.82) is 0 Å². The van der Waals surface area contributed by atoms with Crippen LogP contribution in [-0.2, 0) is 0 Å². The molecule has 0 aliphatic rings. The molecule has 0 aliphatic carbocycles. The molecule has 4 N–H and O–H groups in total. The molecular formula is C16H20ClN3O2S. The van der Waals surface area contributed by atoms with E-state index in [0.717, 1.165) is 0 Å². The highest BCUT2D eigenvalue weighted by Crippen LogP contribution is 2.15. The van der Waals surface area contributed by atoms with E-state index in [4.69, 9.17) is 5.73 Å². The number of hydrogen-bond acceptors (Lipinski definition) is 4. The normalized spacial score (nSPS) is 10.6. The first-order valence-corrected chi connectivity index (χ1v) is 7.75. The Morgan fingerprint density at radius 1 is 1.17 bits per heavy atom. The molecule has 0 bridgehead atoms. The van der Waals surface area contributed by atoms with Gasteiger partial charge in [-0.1, -0.05) is 12.1 Å². The fourth-order valence-corrected chi connectivity index (χ4v) is 2.37. The van der Waals surface area contributed by atoms with Crippen molar-refractivity contribution in [3.8, 4) is 0 Å². The Balaban J connectivity index is 0.00000264. The number of rotatable bonds is 5. The van der Waals surface area contributed by atoms with E-state index >= 15 is 0 Å². The molecule has 0 radical (unpaired) electrons. The van der Waals surface area contributed by atoms with Gasteiger partial charge in [-0.05, 0) is 43.5 Å². The third kappa shape index (κ3) is 6.02. The van der Waals surface area contributed by atoms with E-state index in [0.29, 0.717) is 22.7 Å². The summed E-state index contributed by atoms with van der Waals surface area (Å²) >= 11 is 1.37. The lowest BCUT2D eigenvalue weighted by Gasteiger charge is -2.19. The van der Waals surface area contributed by atoms with Crippen LogP contribution in [0.4, 0.5) is 5.69 Å². The molecule has 0 atom stereocenters. The second kappa shape index (κ2) is 8.10. The summed E-state index contributed by atoms with van der Waals surface area (Å²) < 4.78 is 0. The van der Waals surface area contributed by atoms with Gasteiger partial charge in [0.2, 0.25) is 0 Å². The van der Waals surface area contributed by atoms with Crippen molar-refractivity contribution < 1.29 is 9.59 Å². The van der Waals surface area contributed by atoms with Crippen LogP contribution in [0.3, 0.4) is 0 Å². The van der Waals surface area contributed by atoms with Gasteiger partial charge < -0.3 is 16.4 Å². The molecule has 1 aromatic carbocycles. The Morgan fingerprint density at radius 2 is 1.91 bits per heavy atom. The largest absolute Gasteiger partial charge is 0.350 e. The Hall–Kier alpha value is -1.89. The predicted octanol–water partition coefficient (Wildman–Crippen LogP) is 2.89. The lowest BCUT2D eigenvalue weighted by molar-refractivity contribution is 0.0945. The van der Waals surface area contributed by atoms with Gasteiger partial charge in [0.15, 0.2) is 0 Å². The van der Waals surface area contributed by atoms with Crippen molar-refractivity contribution in [3.05, 3.63) is 52.2 Å². The number of carbonyl (C=O) groups excluding carboxylic acids is 2. The maximum atomic E-state index is 12.1. The van der Waals surface area contributed by atoms with E-state index in [-0.39, 0.29) is 24.2 Å². The summed E-state index contributed by atoms with van der Waals surface area (Å²) in [5, 5.41) is 7.39. The van der Waals surface area contributed by atoms with Gasteiger partial charge in [-0.3, -0.25) is 9.59 Å². The van der Waals surface area contributed by atoms with Gasteiger partial charge in [-0.2, -0.15) is 0 Å². The lowest BCUT2D eigenvalue weighted by Crippen LogP contribution is -2.45. The van der Waals surface area contributed by atoms with Gasteiger partial charge >= 0.3 is 0 Å². The van der Waals surface area contributed by atoms with E-state index in [1.54, 1.807) is 30.3 Å². The van der Waals surface area contributed by atoms with E-state index in [1.165, 1.54) is 11.3 Å². The summed E-state index contributed by atoms with van der Waals surface area (Å²) in [5.74, 6) is -0.401. The minimum absolute atomic E-state index is 0. The van der Waals surface area contributed by atoms with Gasteiger partial charge in [-0.25, -0.2) is 0 Å². The zero-order chi connectivity index (χ0) is 16.2. The Morgan fingerprint density at radius 3 is 2.52 bits per heavy atom. The number of nitrogens with two attached hydrogens (primary N) is 1. The molecule has 0 aliphatic heterocycles. The number of nitrogens with one attached hydrogen (secondary N) is 2. The molecule has 1 aromatic heterocycles. The van der Waals surface area contributed by atoms with Crippen molar-refractivity contribution in [1.82, 2.24) is 5.32 Å². The average molecular weight is 354 g/mol. The molecule has 1 heterocycles. The smallest absolute Gasteiger partial charge is 0.265 e. The quantitative estimate of drug-likeness (QED) is 0.772. The maximum Gasteiger partial charge on any atom is 0.265 e. The van der Waals surface area contributed by atoms with Crippen LogP contribution < -0.4 is 16.4 Å². The fraction of sp³-hybridized carbons (Fsp3) is 0.250. The third-order valence-corrected chi connectivity index (χ3v) is 3.70. The van der Waals surface area contributed by atoms with Crippen LogP contribution in [0.25, 0.3) is 0 Å². The standard InChI is InChI=1S/C16H19N3O2S.ClH/c1-16(2,17)10-18-14(20)11-5-3-6-12(9-11)19-15(21)13-7-4-8-22-13;/h3-9H,10,17H2,1-2H3,(H,18,20)(H,19,21);1H. The second-order valence-electron chi connectivity index (χ2n) is 5.68. The summed E-state index contributed by atoms with van der Waals surface area (Å²) in [6, 6.07) is 10.4. The molecule has 0 unspecified atom stereocenters. The summed E-state index contributed by atoms with van der Waals surface area (Å²) in [5.41, 5.74) is 6.43. The predicted molar refractivity (Wildman–Crippen MR) is 96.6 cm³/mol. The number of benzene rings is 1. The Bertz CT molecular complexity index is 666. The van der Waals surface area contributed by atoms with E-state index < -0.39 is 5.54 Å². The van der Waals surface area contributed by atoms with Crippen LogP contribution in [0.15, 0.2) is 41.8 Å². The van der Waals surface area contributed by atoms with Gasteiger partial charge in [0.05, 0.1) is 4.88 Å². The zero-order valence-electron chi connectivity index (χ0n) is 13.0. The number of anilines is 1. The molecule has 0 saturated heterocycles. The molecule has 124 valence electrons. The Kier molecular flexibility index (Phi) is 6.75. The van der Waals surface area contributed by atoms with Crippen molar-refractivity contribution >= 4 is 41.2 Å². The van der Waals surface area contributed by atoms with Crippen molar-refractivity contribution in [2.75, 3.05) is 11.9 Å². The first-order valence-electron chi connectivity index (χ1n) is 6.87. The molecule has 2 rings (SSSR count). The SMILES string of the molecule is CC(C)(N)CNC(=O)c1cccc(NC(=O)c2cccs2)c1.Cl. The molecular weight excluding hydrogens is 334 g/mol. The molecule has 23 heavy (non-hydrogen) atoms. The number of hydrogen-bond donors (Lipinski definition) is 3. The summed E-state index contributed by atoms with van der Waals surface area (Å²) in [4.78, 5) is 24.7. The van der Waals surface area contributed by atoms with Crippen LogP contribution in [-0.4, -0.2) is 23.9 Å². The zero-order valence-corrected chi connectivity index (χ0v) is 14.6. The van der Waals surface area contributed by atoms with Gasteiger partial charge in [0.1, 0.15) is 0 Å². The van der Waals surface area contributed by atoms with Crippen LogP contribution in [0.1, 0.15) is 33.9 Å². The van der Waals surface area contributed by atoms with Gasteiger partial charge in [0.25, 0.3) is 11.8 Å². The van der Waals surface area contributed by atoms with Crippen molar-refractivity contribution in [3.63, 3.8) is 0 Å². The van der Waals surface area contributed by atoms with E-state index in [1.807, 2.05) is 25.3 Å². The average Bonchev–Trinajstić information content (AvgIpc) is 2.98. The first-order chi connectivity index (χ1) is 10.3. The number of carbonyl (C=O) groups is 2. The molecule has 2 aromatic rings. The minimum Gasteiger partial charge on any atom is -0.350 e. The second-order valence-corrected chi connectivity index (χ2v) is 6.63. The lowest BCUT2D eigenvalue weighted by atomic mass is 10.1. The summed E-state index contributed by atoms with van der Waals surface area (Å²) in [6.45, 7) is 4.05. The monoisotopic (exact) mass is 353 g/mol. The van der Waals surface area contributed by atoms with E-state index in [2.05, 4.69) is 10.6 Å². The molecule has 7 heteroatoms. The van der Waals surface area contributed by atoms with Gasteiger partial charge in [-0.15, -0.1) is 23.7 Å². The molecule has 0 saturated carbocycles. The van der Waals surface area contributed by atoms with Gasteiger partial charge in [0, 0.05) is 23.3 Å². The Labute approximate surface area is 145 Å². The number of amides is 2. The van der Waals surface area contributed by atoms with Crippen molar-refractivity contribution in [2.24, 2.45) is 5.73 Å². The fourth-order valence-electron chi connectivity index (χ4n) is 1.75. The topological polar surface area (TPSA) is 84.2 Å². The third-order valence-electron chi connectivity index (χ3n) is 2.83. The molecule has 2 amide bonds. The maximum absolute atomic E-state index is 12.1. The van der Waals surface area contributed by atoms with Crippen LogP contribution in [0.5, 0.6) is 0 Å². The highest BCUT2D eigenvalue weighted by atomic mass is 35.5. The van der Waals surface area contributed by atoms with E-state index in [9.17, 15) is 9.59 Å². The number of halogens is 1. The molecule has 0 fully saturated rings. The highest BCUT2D eigenvalue weighted by Gasteiger charge is 2.14. The van der Waals surface area contributed by atoms with Crippen LogP contribution in [0, 0.1) is 0 Å².